The molecular formula is C22H36O23S3. The van der Waals surface area contributed by atoms with Gasteiger partial charge in [0.25, 0.3) is 10.1 Å². The van der Waals surface area contributed by atoms with E-state index in [2.05, 4.69) is 8.37 Å². The zero-order chi connectivity index (χ0) is 36.4. The first-order chi connectivity index (χ1) is 22.0. The highest BCUT2D eigenvalue weighted by Gasteiger charge is 2.50. The van der Waals surface area contributed by atoms with Crippen molar-refractivity contribution in [2.24, 2.45) is 11.8 Å². The normalized spacial score (nSPS) is 38.2. The summed E-state index contributed by atoms with van der Waals surface area (Å²) in [6, 6.07) is 0. The third-order valence-electron chi connectivity index (χ3n) is 7.51. The quantitative estimate of drug-likeness (QED) is 0.0704. The number of rotatable bonds is 15. The van der Waals surface area contributed by atoms with Crippen molar-refractivity contribution in [1.82, 2.24) is 0 Å². The van der Waals surface area contributed by atoms with Gasteiger partial charge in [0.05, 0.1) is 38.6 Å². The lowest BCUT2D eigenvalue weighted by molar-refractivity contribution is -0.263. The predicted octanol–water partition coefficient (Wildman–Crippen LogP) is -5.17. The second-order valence-electron chi connectivity index (χ2n) is 11.0. The summed E-state index contributed by atoms with van der Waals surface area (Å²) in [6.45, 7) is -1.40. The minimum absolute atomic E-state index is 0.571. The van der Waals surface area contributed by atoms with Crippen LogP contribution in [0.15, 0.2) is 11.8 Å². The molecule has 9 N–H and O–H groups in total. The fourth-order valence-electron chi connectivity index (χ4n) is 5.30. The van der Waals surface area contributed by atoms with E-state index in [0.717, 1.165) is 13.0 Å². The molecule has 2 fully saturated rings. The Morgan fingerprint density at radius 3 is 1.81 bits per heavy atom. The standard InChI is InChI=1S/C22H36O23S3/c1-8-19(44-47(33,34)35)18(26)20(45-48(36,37)38)14(41-8)6-39-3-9-10(22(29)43-15(16(9)24)7-46(30,31)32)4-40-5-13-17(25)11(23)2-12(42-13)21(27)28/h2,8-11,13-20,22-26,29H,3-7H2,1H3,(H,27,28)(H,30,31,32)(H,33,34,35)(H,36,37,38)/t8?,9?,10?,11?,13-,14-,15?,16-,17?,18?,19+,20?,22+/m0/s1. The van der Waals surface area contributed by atoms with Crippen LogP contribution in [0.4, 0.5) is 0 Å². The fourth-order valence-corrected chi connectivity index (χ4v) is 7.06. The van der Waals surface area contributed by atoms with Crippen LogP contribution in [-0.2, 0) is 67.8 Å². The zero-order valence-electron chi connectivity index (χ0n) is 24.6. The van der Waals surface area contributed by atoms with E-state index in [4.69, 9.17) is 33.3 Å². The maximum absolute atomic E-state index is 11.5. The van der Waals surface area contributed by atoms with Crippen LogP contribution in [0.1, 0.15) is 6.92 Å². The molecule has 0 aromatic heterocycles. The number of aliphatic hydroxyl groups is 5. The van der Waals surface area contributed by atoms with Crippen molar-refractivity contribution in [2.75, 3.05) is 32.2 Å². The molecular weight excluding hydrogens is 728 g/mol. The van der Waals surface area contributed by atoms with Crippen LogP contribution >= 0.6 is 0 Å². The van der Waals surface area contributed by atoms with Crippen LogP contribution in [0.25, 0.3) is 0 Å². The first-order valence-corrected chi connectivity index (χ1v) is 18.1. The average molecular weight is 765 g/mol. The number of carbonyl (C=O) groups is 1. The predicted molar refractivity (Wildman–Crippen MR) is 148 cm³/mol. The molecule has 26 heteroatoms. The van der Waals surface area contributed by atoms with Crippen LogP contribution in [0.3, 0.4) is 0 Å². The van der Waals surface area contributed by atoms with Gasteiger partial charge in [-0.2, -0.15) is 25.3 Å². The van der Waals surface area contributed by atoms with Crippen molar-refractivity contribution < 1.29 is 106 Å². The van der Waals surface area contributed by atoms with Gasteiger partial charge in [-0.1, -0.05) is 0 Å². The van der Waals surface area contributed by atoms with E-state index in [1.54, 1.807) is 0 Å². The number of ether oxygens (including phenoxy) is 5. The maximum Gasteiger partial charge on any atom is 0.397 e. The van der Waals surface area contributed by atoms with E-state index in [1.807, 2.05) is 0 Å². The summed E-state index contributed by atoms with van der Waals surface area (Å²) in [7, 11) is -15.3. The van der Waals surface area contributed by atoms with Crippen LogP contribution in [-0.4, -0.2) is 175 Å². The summed E-state index contributed by atoms with van der Waals surface area (Å²) >= 11 is 0. The monoisotopic (exact) mass is 764 g/mol. The highest BCUT2D eigenvalue weighted by molar-refractivity contribution is 7.85. The summed E-state index contributed by atoms with van der Waals surface area (Å²) in [5, 5.41) is 61.4. The molecule has 3 aliphatic heterocycles. The Bertz CT molecular complexity index is 1470. The summed E-state index contributed by atoms with van der Waals surface area (Å²) in [5.74, 6) is -6.06. The second kappa shape index (κ2) is 16.1. The molecule has 0 radical (unpaired) electrons. The molecule has 3 heterocycles. The molecule has 23 nitrogen and oxygen atoms in total. The maximum atomic E-state index is 11.5. The summed E-state index contributed by atoms with van der Waals surface area (Å²) in [4.78, 5) is 11.2. The van der Waals surface area contributed by atoms with Gasteiger partial charge in [0, 0.05) is 11.8 Å². The molecule has 2 saturated heterocycles. The molecule has 0 aromatic carbocycles. The molecule has 0 aromatic rings. The van der Waals surface area contributed by atoms with Crippen molar-refractivity contribution in [1.29, 1.82) is 0 Å². The molecule has 280 valence electrons. The van der Waals surface area contributed by atoms with Gasteiger partial charge in [-0.3, -0.25) is 13.7 Å². The van der Waals surface area contributed by atoms with E-state index in [0.29, 0.717) is 0 Å². The minimum atomic E-state index is -5.33. The Balaban J connectivity index is 1.76. The second-order valence-corrected chi connectivity index (χ2v) is 14.6. The Morgan fingerprint density at radius 2 is 1.27 bits per heavy atom. The summed E-state index contributed by atoms with van der Waals surface area (Å²) in [6.07, 6.45) is -18.7. The van der Waals surface area contributed by atoms with E-state index < -0.39 is 154 Å². The van der Waals surface area contributed by atoms with Crippen LogP contribution in [0.2, 0.25) is 0 Å². The summed E-state index contributed by atoms with van der Waals surface area (Å²) in [5.41, 5.74) is 0. The van der Waals surface area contributed by atoms with E-state index in [9.17, 15) is 64.7 Å². The molecule has 8 unspecified atom stereocenters. The van der Waals surface area contributed by atoms with Crippen molar-refractivity contribution >= 4 is 36.9 Å². The molecule has 3 rings (SSSR count). The molecule has 0 amide bonds. The van der Waals surface area contributed by atoms with E-state index in [1.165, 1.54) is 0 Å². The Hall–Kier alpha value is -1.70. The molecule has 0 spiro atoms. The van der Waals surface area contributed by atoms with Gasteiger partial charge in [0.15, 0.2) is 12.4 Å². The lowest BCUT2D eigenvalue weighted by atomic mass is 9.83. The highest BCUT2D eigenvalue weighted by atomic mass is 32.3. The Kier molecular flexibility index (Phi) is 13.7. The molecule has 48 heavy (non-hydrogen) atoms. The van der Waals surface area contributed by atoms with Gasteiger partial charge >= 0.3 is 26.8 Å². The molecule has 13 atom stereocenters. The Morgan fingerprint density at radius 1 is 0.729 bits per heavy atom. The number of aliphatic carboxylic acids is 1. The van der Waals surface area contributed by atoms with Crippen LogP contribution < -0.4 is 0 Å². The molecule has 0 bridgehead atoms. The van der Waals surface area contributed by atoms with Crippen LogP contribution in [0, 0.1) is 11.8 Å². The van der Waals surface area contributed by atoms with Gasteiger partial charge in [-0.05, 0) is 13.0 Å². The van der Waals surface area contributed by atoms with Crippen molar-refractivity contribution in [2.45, 2.75) is 74.3 Å². The van der Waals surface area contributed by atoms with Crippen LogP contribution in [0.5, 0.6) is 0 Å². The molecule has 0 aliphatic carbocycles. The average Bonchev–Trinajstić information content (AvgIpc) is 2.92. The number of carboxylic acids is 1. The largest absolute Gasteiger partial charge is 0.478 e. The lowest BCUT2D eigenvalue weighted by Gasteiger charge is -2.44. The summed E-state index contributed by atoms with van der Waals surface area (Å²) < 4.78 is 131. The van der Waals surface area contributed by atoms with Gasteiger partial charge < -0.3 is 54.3 Å². The highest BCUT2D eigenvalue weighted by Crippen LogP contribution is 2.33. The van der Waals surface area contributed by atoms with E-state index >= 15 is 0 Å². The van der Waals surface area contributed by atoms with Gasteiger partial charge in [-0.25, -0.2) is 13.2 Å². The minimum Gasteiger partial charge on any atom is -0.478 e. The smallest absolute Gasteiger partial charge is 0.397 e. The Labute approximate surface area is 273 Å². The first-order valence-electron chi connectivity index (χ1n) is 13.7. The topological polar surface area (TPSA) is 366 Å². The lowest BCUT2D eigenvalue weighted by Crippen LogP contribution is -2.60. The van der Waals surface area contributed by atoms with E-state index in [-0.39, 0.29) is 0 Å². The molecule has 3 aliphatic rings. The van der Waals surface area contributed by atoms with Crippen molar-refractivity contribution in [3.05, 3.63) is 11.8 Å². The number of aliphatic hydroxyl groups excluding tert-OH is 5. The van der Waals surface area contributed by atoms with Crippen molar-refractivity contribution in [3.8, 4) is 0 Å². The first kappa shape index (κ1) is 40.7. The molecule has 0 saturated carbocycles. The SMILES string of the molecule is CC1O[C@@H](COCC2C(COC[C@@H]3OC(C(=O)O)=CC(O)C3O)[C@H](O)OC(CS(=O)(=O)O)[C@H]2O)C(OS(=O)(=O)O)C(O)[C@@H]1OS(=O)(=O)O. The number of hydrogen-bond donors (Lipinski definition) is 9. The fraction of sp³-hybridized carbons (Fsp3) is 0.864. The number of carboxylic acid groups (broad SMARTS) is 1. The van der Waals surface area contributed by atoms with Gasteiger partial charge in [-0.15, -0.1) is 0 Å². The zero-order valence-corrected chi connectivity index (χ0v) is 27.0. The van der Waals surface area contributed by atoms with Gasteiger partial charge in [0.1, 0.15) is 48.5 Å². The number of hydrogen-bond acceptors (Lipinski definition) is 19. The van der Waals surface area contributed by atoms with Crippen molar-refractivity contribution in [3.63, 3.8) is 0 Å². The third-order valence-corrected chi connectivity index (χ3v) is 9.19. The van der Waals surface area contributed by atoms with Gasteiger partial charge in [0.2, 0.25) is 5.76 Å². The third kappa shape index (κ3) is 11.4.